The van der Waals surface area contributed by atoms with Gasteiger partial charge in [0.25, 0.3) is 5.91 Å². The van der Waals surface area contributed by atoms with Crippen LogP contribution in [-0.2, 0) is 10.0 Å². The van der Waals surface area contributed by atoms with Crippen LogP contribution in [-0.4, -0.2) is 26.9 Å². The third-order valence-corrected chi connectivity index (χ3v) is 5.14. The molecule has 1 amide bonds. The van der Waals surface area contributed by atoms with E-state index in [9.17, 15) is 17.6 Å². The third-order valence-electron chi connectivity index (χ3n) is 3.70. The number of sulfonamides is 1. The molecule has 0 radical (unpaired) electrons. The molecular weight excluding hydrogens is 343 g/mol. The minimum absolute atomic E-state index is 0.0227. The molecule has 0 spiro atoms. The maximum Gasteiger partial charge on any atom is 0.251 e. The first-order valence-electron chi connectivity index (χ1n) is 8.38. The monoisotopic (exact) mass is 370 g/mol. The zero-order valence-corrected chi connectivity index (χ0v) is 15.8. The van der Waals surface area contributed by atoms with E-state index in [1.165, 1.54) is 12.1 Å². The first-order chi connectivity index (χ1) is 11.7. The number of rotatable bonds is 10. The van der Waals surface area contributed by atoms with E-state index >= 15 is 0 Å². The van der Waals surface area contributed by atoms with Crippen LogP contribution in [0.1, 0.15) is 50.4 Å². The van der Waals surface area contributed by atoms with E-state index in [0.717, 1.165) is 31.4 Å². The molecule has 25 heavy (non-hydrogen) atoms. The lowest BCUT2D eigenvalue weighted by atomic mass is 10.0. The highest BCUT2D eigenvalue weighted by Crippen LogP contribution is 2.17. The fraction of sp³-hybridized carbons (Fsp3) is 0.500. The Labute approximate surface area is 149 Å². The van der Waals surface area contributed by atoms with Crippen molar-refractivity contribution in [2.45, 2.75) is 51.0 Å². The Kier molecular flexibility index (Phi) is 8.25. The Balaban J connectivity index is 2.83. The topological polar surface area (TPSA) is 75.3 Å². The molecule has 7 heteroatoms. The number of hydrogen-bond acceptors (Lipinski definition) is 3. The highest BCUT2D eigenvalue weighted by molar-refractivity contribution is 7.89. The first kappa shape index (κ1) is 21.3. The summed E-state index contributed by atoms with van der Waals surface area (Å²) in [5.74, 6) is -0.717. The van der Waals surface area contributed by atoms with Crippen molar-refractivity contribution in [3.63, 3.8) is 0 Å². The van der Waals surface area contributed by atoms with Gasteiger partial charge in [-0.05, 0) is 37.5 Å². The van der Waals surface area contributed by atoms with Gasteiger partial charge in [0.05, 0.1) is 0 Å². The summed E-state index contributed by atoms with van der Waals surface area (Å²) >= 11 is 0. The molecule has 0 aromatic heterocycles. The summed E-state index contributed by atoms with van der Waals surface area (Å²) in [7, 11) is -4.04. The highest BCUT2D eigenvalue weighted by Gasteiger charge is 2.21. The maximum atomic E-state index is 13.9. The second-order valence-corrected chi connectivity index (χ2v) is 8.22. The summed E-state index contributed by atoms with van der Waals surface area (Å²) in [4.78, 5) is 11.7. The average Bonchev–Trinajstić information content (AvgIpc) is 2.52. The second-order valence-electron chi connectivity index (χ2n) is 6.49. The van der Waals surface area contributed by atoms with Crippen LogP contribution in [0.5, 0.6) is 0 Å². The van der Waals surface area contributed by atoms with Crippen LogP contribution in [0.15, 0.2) is 35.7 Å². The molecule has 2 N–H and O–H groups in total. The lowest BCUT2D eigenvalue weighted by Gasteiger charge is -2.15. The molecule has 140 valence electrons. The van der Waals surface area contributed by atoms with Crippen LogP contribution >= 0.6 is 0 Å². The number of carbonyl (C=O) groups excluding carboxylic acids is 1. The van der Waals surface area contributed by atoms with Crippen molar-refractivity contribution < 1.29 is 17.6 Å². The predicted molar refractivity (Wildman–Crippen MR) is 97.4 cm³/mol. The fourth-order valence-corrected chi connectivity index (χ4v) is 3.41. The van der Waals surface area contributed by atoms with Crippen LogP contribution in [0.3, 0.4) is 0 Å². The lowest BCUT2D eigenvalue weighted by molar-refractivity contribution is 0.0937. The van der Waals surface area contributed by atoms with Crippen molar-refractivity contribution in [3.8, 4) is 0 Å². The quantitative estimate of drug-likeness (QED) is 0.621. The number of halogens is 1. The van der Waals surface area contributed by atoms with Gasteiger partial charge in [-0.1, -0.05) is 32.8 Å². The van der Waals surface area contributed by atoms with E-state index in [-0.39, 0.29) is 18.2 Å². The van der Waals surface area contributed by atoms with Gasteiger partial charge in [-0.3, -0.25) is 4.79 Å². The van der Waals surface area contributed by atoms with Crippen molar-refractivity contribution >= 4 is 15.9 Å². The van der Waals surface area contributed by atoms with Gasteiger partial charge < -0.3 is 5.32 Å². The van der Waals surface area contributed by atoms with Gasteiger partial charge in [0, 0.05) is 18.2 Å². The molecule has 0 heterocycles. The highest BCUT2D eigenvalue weighted by atomic mass is 32.2. The second kappa shape index (κ2) is 9.68. The number of amides is 1. The first-order valence-corrected chi connectivity index (χ1v) is 9.86. The molecule has 1 unspecified atom stereocenters. The lowest BCUT2D eigenvalue weighted by Crippen LogP contribution is -2.33. The van der Waals surface area contributed by atoms with Gasteiger partial charge in [-0.25, -0.2) is 17.5 Å². The Hall–Kier alpha value is -1.73. The van der Waals surface area contributed by atoms with Crippen LogP contribution < -0.4 is 10.0 Å². The van der Waals surface area contributed by atoms with Crippen molar-refractivity contribution in [2.24, 2.45) is 5.92 Å². The number of benzene rings is 1. The van der Waals surface area contributed by atoms with E-state index in [1.807, 2.05) is 6.92 Å². The smallest absolute Gasteiger partial charge is 0.251 e. The largest absolute Gasteiger partial charge is 0.350 e. The molecule has 0 aliphatic carbocycles. The molecule has 0 aliphatic rings. The molecular formula is C18H27FN2O3S. The maximum absolute atomic E-state index is 13.9. The third kappa shape index (κ3) is 6.96. The van der Waals surface area contributed by atoms with E-state index in [2.05, 4.69) is 30.5 Å². The summed E-state index contributed by atoms with van der Waals surface area (Å²) in [6, 6.07) is 3.27. The summed E-state index contributed by atoms with van der Waals surface area (Å²) in [5.41, 5.74) is 0.107. The molecule has 1 rings (SSSR count). The van der Waals surface area contributed by atoms with Crippen molar-refractivity contribution in [3.05, 3.63) is 42.2 Å². The van der Waals surface area contributed by atoms with Gasteiger partial charge in [0.2, 0.25) is 10.0 Å². The molecule has 0 saturated carbocycles. The van der Waals surface area contributed by atoms with E-state index in [0.29, 0.717) is 5.92 Å². The van der Waals surface area contributed by atoms with Gasteiger partial charge in [0.15, 0.2) is 0 Å². The Morgan fingerprint density at radius 2 is 1.96 bits per heavy atom. The van der Waals surface area contributed by atoms with Crippen LogP contribution in [0.4, 0.5) is 4.39 Å². The summed E-state index contributed by atoms with van der Waals surface area (Å²) in [6.45, 7) is 9.57. The van der Waals surface area contributed by atoms with Gasteiger partial charge in [-0.2, -0.15) is 0 Å². The molecule has 0 aliphatic heterocycles. The summed E-state index contributed by atoms with van der Waals surface area (Å²) < 4.78 is 40.2. The minimum atomic E-state index is -4.04. The molecule has 1 aromatic rings. The normalized spacial score (nSPS) is 12.8. The zero-order valence-electron chi connectivity index (χ0n) is 15.0. The molecule has 1 aromatic carbocycles. The van der Waals surface area contributed by atoms with E-state index in [4.69, 9.17) is 0 Å². The Bertz CT molecular complexity index is 702. The van der Waals surface area contributed by atoms with Crippen LogP contribution in [0.25, 0.3) is 0 Å². The Morgan fingerprint density at radius 3 is 2.56 bits per heavy atom. The molecule has 1 atom stereocenters. The molecule has 5 nitrogen and oxygen atoms in total. The van der Waals surface area contributed by atoms with Crippen LogP contribution in [0, 0.1) is 11.7 Å². The molecule has 0 fully saturated rings. The van der Waals surface area contributed by atoms with Gasteiger partial charge in [0.1, 0.15) is 10.7 Å². The Morgan fingerprint density at radius 1 is 1.28 bits per heavy atom. The molecule has 0 bridgehead atoms. The number of nitrogens with one attached hydrogen (secondary N) is 2. The minimum Gasteiger partial charge on any atom is -0.350 e. The summed E-state index contributed by atoms with van der Waals surface area (Å²) in [5, 5.41) is 2.82. The van der Waals surface area contributed by atoms with Crippen molar-refractivity contribution in [2.75, 3.05) is 6.54 Å². The zero-order chi connectivity index (χ0) is 19.0. The average molecular weight is 370 g/mol. The molecule has 0 saturated heterocycles. The fourth-order valence-electron chi connectivity index (χ4n) is 2.31. The van der Waals surface area contributed by atoms with Crippen molar-refractivity contribution in [1.82, 2.24) is 10.0 Å². The SMILES string of the molecule is C=CCNS(=O)(=O)c1cc(C(=O)NC(C)CCCC(C)C)ccc1F. The van der Waals surface area contributed by atoms with Crippen LogP contribution in [0.2, 0.25) is 0 Å². The van der Waals surface area contributed by atoms with Crippen molar-refractivity contribution in [1.29, 1.82) is 0 Å². The predicted octanol–water partition coefficient (Wildman–Crippen LogP) is 3.23. The van der Waals surface area contributed by atoms with E-state index < -0.39 is 26.6 Å². The van der Waals surface area contributed by atoms with E-state index in [1.54, 1.807) is 0 Å². The van der Waals surface area contributed by atoms with Gasteiger partial charge >= 0.3 is 0 Å². The number of carbonyl (C=O) groups is 1. The number of hydrogen-bond donors (Lipinski definition) is 2. The standard InChI is InChI=1S/C18H27FN2O3S/c1-5-11-20-25(23,24)17-12-15(9-10-16(17)19)18(22)21-14(4)8-6-7-13(2)3/h5,9-10,12-14,20H,1,6-8,11H2,2-4H3,(H,21,22). The summed E-state index contributed by atoms with van der Waals surface area (Å²) in [6.07, 6.45) is 4.25. The van der Waals surface area contributed by atoms with Gasteiger partial charge in [-0.15, -0.1) is 6.58 Å².